The Morgan fingerprint density at radius 3 is 1.15 bits per heavy atom. The van der Waals surface area contributed by atoms with Crippen LogP contribution in [-0.4, -0.2) is 47.3 Å². The zero-order valence-corrected chi connectivity index (χ0v) is 40.8. The second-order valence-corrected chi connectivity index (χ2v) is 17.1. The molecule has 4 amide bonds. The summed E-state index contributed by atoms with van der Waals surface area (Å²) in [7, 11) is 0. The molecule has 0 saturated carbocycles. The van der Waals surface area contributed by atoms with Crippen molar-refractivity contribution in [2.24, 2.45) is 20.5 Å². The van der Waals surface area contributed by atoms with E-state index in [2.05, 4.69) is 41.7 Å². The average Bonchev–Trinajstić information content (AvgIpc) is 3.25. The van der Waals surface area contributed by atoms with E-state index in [0.29, 0.717) is 35.3 Å². The van der Waals surface area contributed by atoms with Gasteiger partial charge in [-0.25, -0.2) is 0 Å². The fourth-order valence-corrected chi connectivity index (χ4v) is 7.86. The second kappa shape index (κ2) is 23.0. The van der Waals surface area contributed by atoms with Gasteiger partial charge in [0.1, 0.15) is 11.4 Å². The minimum absolute atomic E-state index is 0.0132. The van der Waals surface area contributed by atoms with Gasteiger partial charge in [-0.05, 0) is 98.5 Å². The number of nitrogens with one attached hydrogen (secondary N) is 4. The summed E-state index contributed by atoms with van der Waals surface area (Å²) in [5.41, 5.74) is 2.13. The van der Waals surface area contributed by atoms with Crippen LogP contribution in [0, 0.1) is 0 Å². The Morgan fingerprint density at radius 1 is 0.470 bits per heavy atom. The first kappa shape index (κ1) is 51.8. The highest BCUT2D eigenvalue weighted by Gasteiger charge is 2.28. The van der Waals surface area contributed by atoms with E-state index in [0.717, 1.165) is 13.8 Å². The molecule has 5 rings (SSSR count). The Labute approximate surface area is 417 Å². The second-order valence-electron chi connectivity index (χ2n) is 13.9. The lowest BCUT2D eigenvalue weighted by molar-refractivity contribution is -0.127. The molecule has 0 bridgehead atoms. The summed E-state index contributed by atoms with van der Waals surface area (Å²) < 4.78 is 0. The summed E-state index contributed by atoms with van der Waals surface area (Å²) in [5, 5.41) is 27.4. The standard InChI is InChI=1S/C44H34Cl8N8O6/c1-5-21-22(6-2)32(54-44(66)40(20(4)62)60-58-34-12-8-10-24(38(34)52)42(64)56-36-18-28(48)26(46)16-30(36)50)14-13-31(21)53-43(65)39(19(3)61)59-57-33-11-7-9-23(37(33)51)41(63)55-35-17-27(47)25(45)15-29(35)49/h7-18,39-40H,5-6H2,1-4H3,(H,53,65)(H,54,66)(H,55,63)(H,56,64). The van der Waals surface area contributed by atoms with Crippen molar-refractivity contribution >= 4 is 162 Å². The highest BCUT2D eigenvalue weighted by Crippen LogP contribution is 2.37. The monoisotopic (exact) mass is 1050 g/mol. The predicted octanol–water partition coefficient (Wildman–Crippen LogP) is 13.9. The Balaban J connectivity index is 1.32. The summed E-state index contributed by atoms with van der Waals surface area (Å²) in [6.45, 7) is 5.96. The van der Waals surface area contributed by atoms with Crippen LogP contribution in [0.25, 0.3) is 0 Å². The first-order valence-corrected chi connectivity index (χ1v) is 22.4. The fourth-order valence-electron chi connectivity index (χ4n) is 6.17. The number of amides is 4. The van der Waals surface area contributed by atoms with Crippen molar-refractivity contribution in [1.82, 2.24) is 0 Å². The largest absolute Gasteiger partial charge is 0.323 e. The van der Waals surface area contributed by atoms with Gasteiger partial charge in [-0.2, -0.15) is 20.5 Å². The number of hydrogen-bond donors (Lipinski definition) is 4. The SMILES string of the molecule is CCc1c(NC(=O)C(N=Nc2cccc(C(=O)Nc3cc(Cl)c(Cl)cc3Cl)c2Cl)C(C)=O)ccc(NC(=O)C(N=Nc2cccc(C(=O)Nc3cc(Cl)c(Cl)cc3Cl)c2Cl)C(C)=O)c1CC. The molecule has 5 aromatic carbocycles. The third kappa shape index (κ3) is 12.4. The molecule has 0 aliphatic rings. The maximum atomic E-state index is 13.6. The normalized spacial score (nSPS) is 12.2. The van der Waals surface area contributed by atoms with Crippen LogP contribution >= 0.6 is 92.8 Å². The van der Waals surface area contributed by atoms with Crippen LogP contribution in [0.1, 0.15) is 59.5 Å². The summed E-state index contributed by atoms with van der Waals surface area (Å²) in [4.78, 5) is 79.0. The fraction of sp³-hybridized carbons (Fsp3) is 0.182. The maximum absolute atomic E-state index is 13.6. The van der Waals surface area contributed by atoms with Crippen LogP contribution in [0.4, 0.5) is 34.1 Å². The molecular formula is C44H34Cl8N8O6. The number of halogens is 8. The van der Waals surface area contributed by atoms with Crippen molar-refractivity contribution in [2.75, 3.05) is 21.3 Å². The van der Waals surface area contributed by atoms with Crippen LogP contribution in [0.2, 0.25) is 40.2 Å². The Morgan fingerprint density at radius 2 is 0.818 bits per heavy atom. The van der Waals surface area contributed by atoms with Gasteiger partial charge in [0.15, 0.2) is 11.6 Å². The quantitative estimate of drug-likeness (QED) is 0.0430. The number of anilines is 4. The highest BCUT2D eigenvalue weighted by atomic mass is 35.5. The van der Waals surface area contributed by atoms with E-state index in [1.54, 1.807) is 0 Å². The first-order valence-electron chi connectivity index (χ1n) is 19.3. The Hall–Kier alpha value is -5.16. The molecule has 4 N–H and O–H groups in total. The minimum atomic E-state index is -1.63. The van der Waals surface area contributed by atoms with Gasteiger partial charge in [-0.1, -0.05) is 119 Å². The molecular weight excluding hydrogens is 1020 g/mol. The van der Waals surface area contributed by atoms with E-state index in [4.69, 9.17) is 92.8 Å². The topological polar surface area (TPSA) is 200 Å². The van der Waals surface area contributed by atoms with Crippen molar-refractivity contribution in [3.8, 4) is 0 Å². The van der Waals surface area contributed by atoms with E-state index in [1.807, 2.05) is 13.8 Å². The number of Topliss-reactive ketones (excluding diaryl/α,β-unsaturated/α-hetero) is 2. The van der Waals surface area contributed by atoms with Gasteiger partial charge in [0.05, 0.1) is 62.7 Å². The number of carbonyl (C=O) groups is 6. The number of azo groups is 2. The van der Waals surface area contributed by atoms with E-state index in [9.17, 15) is 28.8 Å². The lowest BCUT2D eigenvalue weighted by atomic mass is 9.98. The van der Waals surface area contributed by atoms with Gasteiger partial charge < -0.3 is 21.3 Å². The molecule has 22 heteroatoms. The third-order valence-corrected chi connectivity index (χ3v) is 12.3. The van der Waals surface area contributed by atoms with Crippen molar-refractivity contribution < 1.29 is 28.8 Å². The molecule has 0 fully saturated rings. The molecule has 2 atom stereocenters. The molecule has 0 aromatic heterocycles. The predicted molar refractivity (Wildman–Crippen MR) is 262 cm³/mol. The maximum Gasteiger partial charge on any atom is 0.258 e. The number of nitrogens with zero attached hydrogens (tertiary/aromatic N) is 4. The van der Waals surface area contributed by atoms with Crippen LogP contribution < -0.4 is 21.3 Å². The molecule has 0 saturated heterocycles. The van der Waals surface area contributed by atoms with Crippen LogP contribution in [0.15, 0.2) is 93.3 Å². The van der Waals surface area contributed by atoms with Crippen molar-refractivity contribution in [2.45, 2.75) is 52.6 Å². The summed E-state index contributed by atoms with van der Waals surface area (Å²) in [6.07, 6.45) is 0.727. The van der Waals surface area contributed by atoms with E-state index >= 15 is 0 Å². The molecule has 66 heavy (non-hydrogen) atoms. The Bertz CT molecular complexity index is 2670. The molecule has 0 aliphatic carbocycles. The lowest BCUT2D eigenvalue weighted by Crippen LogP contribution is -2.33. The summed E-state index contributed by atoms with van der Waals surface area (Å²) >= 11 is 49.6. The molecule has 342 valence electrons. The van der Waals surface area contributed by atoms with Crippen LogP contribution in [0.3, 0.4) is 0 Å². The van der Waals surface area contributed by atoms with E-state index in [1.165, 1.54) is 72.8 Å². The molecule has 0 aliphatic heterocycles. The van der Waals surface area contributed by atoms with Gasteiger partial charge >= 0.3 is 0 Å². The average molecular weight is 1050 g/mol. The van der Waals surface area contributed by atoms with Crippen LogP contribution in [0.5, 0.6) is 0 Å². The van der Waals surface area contributed by atoms with Gasteiger partial charge in [0.25, 0.3) is 23.6 Å². The first-order chi connectivity index (χ1) is 31.2. The zero-order chi connectivity index (χ0) is 48.6. The van der Waals surface area contributed by atoms with Crippen molar-refractivity contribution in [3.05, 3.63) is 135 Å². The highest BCUT2D eigenvalue weighted by molar-refractivity contribution is 6.45. The number of hydrogen-bond acceptors (Lipinski definition) is 10. The van der Waals surface area contributed by atoms with Crippen molar-refractivity contribution in [1.29, 1.82) is 0 Å². The van der Waals surface area contributed by atoms with E-state index < -0.39 is 47.3 Å². The molecule has 0 spiro atoms. The van der Waals surface area contributed by atoms with Gasteiger partial charge in [-0.15, -0.1) is 0 Å². The van der Waals surface area contributed by atoms with Gasteiger partial charge in [0, 0.05) is 11.4 Å². The number of ketones is 2. The molecule has 5 aromatic rings. The summed E-state index contributed by atoms with van der Waals surface area (Å²) in [5.74, 6) is -4.28. The smallest absolute Gasteiger partial charge is 0.258 e. The van der Waals surface area contributed by atoms with Gasteiger partial charge in [0.2, 0.25) is 12.1 Å². The summed E-state index contributed by atoms with van der Waals surface area (Å²) in [6, 6.07) is 13.9. The van der Waals surface area contributed by atoms with E-state index in [-0.39, 0.29) is 74.1 Å². The molecule has 14 nitrogen and oxygen atoms in total. The molecule has 0 radical (unpaired) electrons. The third-order valence-electron chi connectivity index (χ3n) is 9.44. The Kier molecular flexibility index (Phi) is 18.1. The number of benzene rings is 5. The molecule has 0 heterocycles. The number of carbonyl (C=O) groups excluding carboxylic acids is 6. The van der Waals surface area contributed by atoms with Gasteiger partial charge in [-0.3, -0.25) is 28.8 Å². The molecule has 2 unspecified atom stereocenters. The van der Waals surface area contributed by atoms with Crippen LogP contribution in [-0.2, 0) is 32.0 Å². The lowest BCUT2D eigenvalue weighted by Gasteiger charge is -2.20. The zero-order valence-electron chi connectivity index (χ0n) is 34.8. The minimum Gasteiger partial charge on any atom is -0.323 e. The number of rotatable bonds is 16. The van der Waals surface area contributed by atoms with Crippen molar-refractivity contribution in [3.63, 3.8) is 0 Å².